The molecule has 1 aromatic carbocycles. The molecule has 3 atom stereocenters. The van der Waals surface area contributed by atoms with E-state index in [-0.39, 0.29) is 24.0 Å². The Morgan fingerprint density at radius 2 is 1.90 bits per heavy atom. The topological polar surface area (TPSA) is 140 Å². The standard InChI is InChI=1S/C28H38N6O5/c1-17-16-39-14-13-34(17)25-20-11-12-33(26(36)28(2,3)38)15-22(20)30-24(32-25)18-7-9-19(10-8-18)29-27(37)31-21-5-4-6-23(21)35/h7-10,17,21,23,35,38H,4-6,11-16H2,1-3H3,(H2,29,31,37). The fraction of sp³-hybridized carbons (Fsp3) is 0.571. The first-order valence-electron chi connectivity index (χ1n) is 13.7. The Balaban J connectivity index is 1.40. The van der Waals surface area contributed by atoms with E-state index in [9.17, 15) is 19.8 Å². The number of aromatic nitrogens is 2. The molecule has 2 aliphatic heterocycles. The van der Waals surface area contributed by atoms with Crippen molar-refractivity contribution < 1.29 is 24.5 Å². The second-order valence-electron chi connectivity index (χ2n) is 11.2. The molecule has 3 unspecified atom stereocenters. The van der Waals surface area contributed by atoms with Crippen LogP contribution in [0.5, 0.6) is 0 Å². The van der Waals surface area contributed by atoms with Gasteiger partial charge in [0.25, 0.3) is 5.91 Å². The lowest BCUT2D eigenvalue weighted by molar-refractivity contribution is -0.148. The molecule has 0 spiro atoms. The van der Waals surface area contributed by atoms with Gasteiger partial charge < -0.3 is 35.4 Å². The van der Waals surface area contributed by atoms with Crippen LogP contribution in [0, 0.1) is 0 Å². The van der Waals surface area contributed by atoms with E-state index < -0.39 is 11.7 Å². The van der Waals surface area contributed by atoms with Crippen LogP contribution in [0.4, 0.5) is 16.3 Å². The Kier molecular flexibility index (Phi) is 7.75. The van der Waals surface area contributed by atoms with E-state index in [1.54, 1.807) is 17.0 Å². The Morgan fingerprint density at radius 3 is 2.56 bits per heavy atom. The van der Waals surface area contributed by atoms with Gasteiger partial charge in [-0.15, -0.1) is 0 Å². The minimum atomic E-state index is -1.46. The van der Waals surface area contributed by atoms with Crippen LogP contribution < -0.4 is 15.5 Å². The van der Waals surface area contributed by atoms with E-state index in [4.69, 9.17) is 14.7 Å². The largest absolute Gasteiger partial charge is 0.391 e. The highest BCUT2D eigenvalue weighted by Crippen LogP contribution is 2.32. The van der Waals surface area contributed by atoms with Crippen LogP contribution in [0.1, 0.15) is 51.3 Å². The summed E-state index contributed by atoms with van der Waals surface area (Å²) < 4.78 is 5.65. The lowest BCUT2D eigenvalue weighted by atomic mass is 10.0. The number of carbonyl (C=O) groups is 2. The lowest BCUT2D eigenvalue weighted by Crippen LogP contribution is -2.48. The summed E-state index contributed by atoms with van der Waals surface area (Å²) in [5, 5.41) is 25.9. The van der Waals surface area contributed by atoms with Crippen molar-refractivity contribution >= 4 is 23.4 Å². The molecule has 39 heavy (non-hydrogen) atoms. The van der Waals surface area contributed by atoms with Gasteiger partial charge in [0.15, 0.2) is 5.82 Å². The number of aliphatic hydroxyl groups is 2. The van der Waals surface area contributed by atoms with Crippen molar-refractivity contribution in [2.45, 2.75) is 76.8 Å². The number of carbonyl (C=O) groups excluding carboxylic acids is 2. The van der Waals surface area contributed by atoms with Crippen LogP contribution >= 0.6 is 0 Å². The van der Waals surface area contributed by atoms with Gasteiger partial charge in [-0.2, -0.15) is 0 Å². The molecule has 0 bridgehead atoms. The van der Waals surface area contributed by atoms with Crippen molar-refractivity contribution in [2.75, 3.05) is 36.5 Å². The quantitative estimate of drug-likeness (QED) is 0.454. The first kappa shape index (κ1) is 27.3. The first-order valence-corrected chi connectivity index (χ1v) is 13.7. The summed E-state index contributed by atoms with van der Waals surface area (Å²) in [5.41, 5.74) is 1.74. The van der Waals surface area contributed by atoms with Crippen LogP contribution in [0.2, 0.25) is 0 Å². The molecule has 2 fully saturated rings. The monoisotopic (exact) mass is 538 g/mol. The molecule has 11 heteroatoms. The Bertz CT molecular complexity index is 1210. The molecule has 4 N–H and O–H groups in total. The molecule has 1 saturated heterocycles. The minimum Gasteiger partial charge on any atom is -0.391 e. The Labute approximate surface area is 228 Å². The van der Waals surface area contributed by atoms with E-state index in [1.165, 1.54) is 13.8 Å². The van der Waals surface area contributed by atoms with Crippen LogP contribution in [-0.4, -0.2) is 87.1 Å². The highest BCUT2D eigenvalue weighted by Gasteiger charge is 2.35. The van der Waals surface area contributed by atoms with Gasteiger partial charge in [-0.3, -0.25) is 4.79 Å². The normalized spacial score (nSPS) is 23.4. The average molecular weight is 539 g/mol. The van der Waals surface area contributed by atoms with E-state index in [0.29, 0.717) is 57.2 Å². The highest BCUT2D eigenvalue weighted by molar-refractivity contribution is 5.89. The third kappa shape index (κ3) is 6.00. The summed E-state index contributed by atoms with van der Waals surface area (Å²) in [6, 6.07) is 6.88. The number of urea groups is 1. The summed E-state index contributed by atoms with van der Waals surface area (Å²) in [6.45, 7) is 7.84. The summed E-state index contributed by atoms with van der Waals surface area (Å²) in [7, 11) is 0. The molecule has 1 aliphatic carbocycles. The number of hydrogen-bond acceptors (Lipinski definition) is 8. The number of rotatable bonds is 5. The average Bonchev–Trinajstić information content (AvgIpc) is 3.31. The zero-order chi connectivity index (χ0) is 27.7. The molecule has 0 radical (unpaired) electrons. The molecule has 1 aromatic heterocycles. The maximum absolute atomic E-state index is 12.8. The SMILES string of the molecule is CC1COCCN1c1nc(-c2ccc(NC(=O)NC3CCCC3O)cc2)nc2c1CCN(C(=O)C(C)(C)O)C2. The molecule has 3 amide bonds. The lowest BCUT2D eigenvalue weighted by Gasteiger charge is -2.38. The highest BCUT2D eigenvalue weighted by atomic mass is 16.5. The number of ether oxygens (including phenoxy) is 1. The Morgan fingerprint density at radius 1 is 1.13 bits per heavy atom. The predicted molar refractivity (Wildman–Crippen MR) is 146 cm³/mol. The van der Waals surface area contributed by atoms with Crippen molar-refractivity contribution in [2.24, 2.45) is 0 Å². The third-order valence-corrected chi connectivity index (χ3v) is 7.69. The summed E-state index contributed by atoms with van der Waals surface area (Å²) >= 11 is 0. The number of benzene rings is 1. The van der Waals surface area contributed by atoms with E-state index in [0.717, 1.165) is 35.5 Å². The second kappa shape index (κ2) is 11.1. The number of morpholine rings is 1. The van der Waals surface area contributed by atoms with Crippen molar-refractivity contribution in [1.29, 1.82) is 0 Å². The zero-order valence-electron chi connectivity index (χ0n) is 22.8. The van der Waals surface area contributed by atoms with Gasteiger partial charge >= 0.3 is 6.03 Å². The minimum absolute atomic E-state index is 0.144. The van der Waals surface area contributed by atoms with Crippen LogP contribution in [-0.2, 0) is 22.5 Å². The summed E-state index contributed by atoms with van der Waals surface area (Å²) in [6.07, 6.45) is 2.47. The van der Waals surface area contributed by atoms with Gasteiger partial charge in [0.1, 0.15) is 11.4 Å². The number of nitrogens with zero attached hydrogens (tertiary/aromatic N) is 4. The first-order chi connectivity index (χ1) is 18.6. The van der Waals surface area contributed by atoms with Gasteiger partial charge in [-0.25, -0.2) is 14.8 Å². The van der Waals surface area contributed by atoms with Gasteiger partial charge in [0.05, 0.1) is 43.6 Å². The number of nitrogens with one attached hydrogen (secondary N) is 2. The number of hydrogen-bond donors (Lipinski definition) is 4. The molecule has 1 saturated carbocycles. The van der Waals surface area contributed by atoms with E-state index in [2.05, 4.69) is 22.5 Å². The molecule has 210 valence electrons. The van der Waals surface area contributed by atoms with Crippen LogP contribution in [0.15, 0.2) is 24.3 Å². The maximum atomic E-state index is 12.8. The molecule has 2 aromatic rings. The summed E-state index contributed by atoms with van der Waals surface area (Å²) in [4.78, 5) is 39.0. The fourth-order valence-corrected chi connectivity index (χ4v) is 5.53. The van der Waals surface area contributed by atoms with Crippen molar-refractivity contribution in [3.8, 4) is 11.4 Å². The van der Waals surface area contributed by atoms with Gasteiger partial charge in [0.2, 0.25) is 0 Å². The van der Waals surface area contributed by atoms with Gasteiger partial charge in [-0.1, -0.05) is 0 Å². The molecular weight excluding hydrogens is 500 g/mol. The Hall–Kier alpha value is -3.28. The molecule has 3 aliphatic rings. The molecule has 3 heterocycles. The predicted octanol–water partition coefficient (Wildman–Crippen LogP) is 2.06. The summed E-state index contributed by atoms with van der Waals surface area (Å²) in [5.74, 6) is 1.07. The fourth-order valence-electron chi connectivity index (χ4n) is 5.53. The number of amides is 3. The number of anilines is 2. The smallest absolute Gasteiger partial charge is 0.319 e. The third-order valence-electron chi connectivity index (χ3n) is 7.69. The van der Waals surface area contributed by atoms with Gasteiger partial charge in [0, 0.05) is 29.9 Å². The molecule has 5 rings (SSSR count). The van der Waals surface area contributed by atoms with Gasteiger partial charge in [-0.05, 0) is 70.7 Å². The van der Waals surface area contributed by atoms with E-state index in [1.807, 2.05) is 12.1 Å². The van der Waals surface area contributed by atoms with Crippen molar-refractivity contribution in [3.05, 3.63) is 35.5 Å². The van der Waals surface area contributed by atoms with Crippen molar-refractivity contribution in [1.82, 2.24) is 20.2 Å². The van der Waals surface area contributed by atoms with Crippen LogP contribution in [0.25, 0.3) is 11.4 Å². The van der Waals surface area contributed by atoms with E-state index >= 15 is 0 Å². The number of fused-ring (bicyclic) bond motifs is 1. The maximum Gasteiger partial charge on any atom is 0.319 e. The second-order valence-corrected chi connectivity index (χ2v) is 11.2. The van der Waals surface area contributed by atoms with Crippen LogP contribution in [0.3, 0.4) is 0 Å². The van der Waals surface area contributed by atoms with Crippen molar-refractivity contribution in [3.63, 3.8) is 0 Å². The number of aliphatic hydroxyl groups excluding tert-OH is 1. The molecule has 11 nitrogen and oxygen atoms in total. The zero-order valence-corrected chi connectivity index (χ0v) is 22.8. The molecular formula is C28H38N6O5.